The van der Waals surface area contributed by atoms with Crippen molar-refractivity contribution in [1.82, 2.24) is 0 Å². The minimum atomic E-state index is 0. The molecule has 1 aromatic rings. The smallest absolute Gasteiger partial charge is 0.129 e. The number of benzene rings is 1. The summed E-state index contributed by atoms with van der Waals surface area (Å²) in [5.41, 5.74) is 6.64. The molecule has 2 nitrogen and oxygen atoms in total. The SMILES string of the molecule is C[C@@H](N)c1ccc(O)c(Br)c1.Cl. The molecule has 0 bridgehead atoms. The summed E-state index contributed by atoms with van der Waals surface area (Å²) in [6.45, 7) is 1.90. The topological polar surface area (TPSA) is 46.2 Å². The van der Waals surface area contributed by atoms with Gasteiger partial charge in [0.25, 0.3) is 0 Å². The van der Waals surface area contributed by atoms with E-state index in [0.717, 1.165) is 5.56 Å². The number of phenolic OH excluding ortho intramolecular Hbond substituents is 1. The fourth-order valence-electron chi connectivity index (χ4n) is 0.806. The molecule has 68 valence electrons. The molecule has 0 fully saturated rings. The number of halogens is 2. The summed E-state index contributed by atoms with van der Waals surface area (Å²) in [6, 6.07) is 5.26. The Hall–Kier alpha value is -0.250. The number of hydrogen-bond donors (Lipinski definition) is 2. The summed E-state index contributed by atoms with van der Waals surface area (Å²) < 4.78 is 0.687. The molecule has 1 aromatic carbocycles. The maximum absolute atomic E-state index is 9.14. The van der Waals surface area contributed by atoms with Crippen LogP contribution in [0.25, 0.3) is 0 Å². The van der Waals surface area contributed by atoms with Crippen molar-refractivity contribution in [2.45, 2.75) is 13.0 Å². The van der Waals surface area contributed by atoms with Crippen LogP contribution in [0.4, 0.5) is 0 Å². The maximum atomic E-state index is 9.14. The molecule has 0 saturated carbocycles. The Morgan fingerprint density at radius 2 is 2.08 bits per heavy atom. The molecule has 0 amide bonds. The summed E-state index contributed by atoms with van der Waals surface area (Å²) in [5.74, 6) is 0.245. The van der Waals surface area contributed by atoms with Crippen molar-refractivity contribution in [1.29, 1.82) is 0 Å². The standard InChI is InChI=1S/C8H10BrNO.ClH/c1-5(10)6-2-3-8(11)7(9)4-6;/h2-5,11H,10H2,1H3;1H/t5-;/m1./s1. The van der Waals surface area contributed by atoms with Gasteiger partial charge in [-0.2, -0.15) is 0 Å². The number of hydrogen-bond acceptors (Lipinski definition) is 2. The van der Waals surface area contributed by atoms with Crippen LogP contribution in [0.3, 0.4) is 0 Å². The van der Waals surface area contributed by atoms with Gasteiger partial charge in [0.15, 0.2) is 0 Å². The van der Waals surface area contributed by atoms with Crippen LogP contribution in [0.1, 0.15) is 18.5 Å². The van der Waals surface area contributed by atoms with Gasteiger partial charge in [0.1, 0.15) is 5.75 Å². The summed E-state index contributed by atoms with van der Waals surface area (Å²) >= 11 is 3.21. The van der Waals surface area contributed by atoms with Gasteiger partial charge in [0.2, 0.25) is 0 Å². The Kier molecular flexibility index (Phi) is 4.60. The van der Waals surface area contributed by atoms with Gasteiger partial charge < -0.3 is 10.8 Å². The zero-order valence-corrected chi connectivity index (χ0v) is 9.02. The van der Waals surface area contributed by atoms with Crippen molar-refractivity contribution >= 4 is 28.3 Å². The third-order valence-corrected chi connectivity index (χ3v) is 2.13. The number of rotatable bonds is 1. The predicted molar refractivity (Wildman–Crippen MR) is 55.7 cm³/mol. The molecule has 0 aliphatic carbocycles. The van der Waals surface area contributed by atoms with Gasteiger partial charge in [-0.15, -0.1) is 12.4 Å². The number of phenols is 1. The summed E-state index contributed by atoms with van der Waals surface area (Å²) in [4.78, 5) is 0. The lowest BCUT2D eigenvalue weighted by Crippen LogP contribution is -2.04. The fourth-order valence-corrected chi connectivity index (χ4v) is 1.20. The van der Waals surface area contributed by atoms with E-state index >= 15 is 0 Å². The van der Waals surface area contributed by atoms with Crippen LogP contribution in [0.15, 0.2) is 22.7 Å². The Labute approximate surface area is 86.3 Å². The van der Waals surface area contributed by atoms with Crippen LogP contribution in [-0.2, 0) is 0 Å². The average molecular weight is 253 g/mol. The molecule has 0 spiro atoms. The maximum Gasteiger partial charge on any atom is 0.129 e. The fraction of sp³-hybridized carbons (Fsp3) is 0.250. The molecule has 0 saturated heterocycles. The molecule has 1 atom stereocenters. The van der Waals surface area contributed by atoms with Gasteiger partial charge in [0, 0.05) is 6.04 Å². The van der Waals surface area contributed by atoms with Crippen LogP contribution >= 0.6 is 28.3 Å². The van der Waals surface area contributed by atoms with E-state index in [-0.39, 0.29) is 24.2 Å². The molecule has 1 rings (SSSR count). The predicted octanol–water partition coefficient (Wildman–Crippen LogP) is 2.60. The van der Waals surface area contributed by atoms with E-state index in [0.29, 0.717) is 4.47 Å². The highest BCUT2D eigenvalue weighted by molar-refractivity contribution is 9.10. The lowest BCUT2D eigenvalue weighted by Gasteiger charge is -2.05. The van der Waals surface area contributed by atoms with E-state index in [1.165, 1.54) is 0 Å². The van der Waals surface area contributed by atoms with Gasteiger partial charge in [-0.3, -0.25) is 0 Å². The summed E-state index contributed by atoms with van der Waals surface area (Å²) in [5, 5.41) is 9.14. The monoisotopic (exact) mass is 251 g/mol. The van der Waals surface area contributed by atoms with Crippen LogP contribution in [0.2, 0.25) is 0 Å². The first-order valence-electron chi connectivity index (χ1n) is 3.35. The summed E-state index contributed by atoms with van der Waals surface area (Å²) in [7, 11) is 0. The van der Waals surface area contributed by atoms with E-state index in [9.17, 15) is 0 Å². The first-order chi connectivity index (χ1) is 5.11. The van der Waals surface area contributed by atoms with Crippen molar-refractivity contribution in [3.05, 3.63) is 28.2 Å². The normalized spacial score (nSPS) is 11.9. The number of nitrogens with two attached hydrogens (primary N) is 1. The first kappa shape index (κ1) is 11.8. The summed E-state index contributed by atoms with van der Waals surface area (Å²) in [6.07, 6.45) is 0. The van der Waals surface area contributed by atoms with Crippen molar-refractivity contribution in [3.8, 4) is 5.75 Å². The molecule has 0 aliphatic heterocycles. The van der Waals surface area contributed by atoms with Crippen LogP contribution < -0.4 is 5.73 Å². The minimum Gasteiger partial charge on any atom is -0.507 e. The third kappa shape index (κ3) is 2.66. The minimum absolute atomic E-state index is 0. The lowest BCUT2D eigenvalue weighted by atomic mass is 10.1. The van der Waals surface area contributed by atoms with Crippen molar-refractivity contribution < 1.29 is 5.11 Å². The van der Waals surface area contributed by atoms with Crippen LogP contribution in [0.5, 0.6) is 5.75 Å². The van der Waals surface area contributed by atoms with E-state index in [1.54, 1.807) is 6.07 Å². The molecule has 0 radical (unpaired) electrons. The first-order valence-corrected chi connectivity index (χ1v) is 4.14. The average Bonchev–Trinajstić information content (AvgIpc) is 1.94. The van der Waals surface area contributed by atoms with Crippen molar-refractivity contribution in [3.63, 3.8) is 0 Å². The Balaban J connectivity index is 0.00000121. The van der Waals surface area contributed by atoms with Gasteiger partial charge >= 0.3 is 0 Å². The van der Waals surface area contributed by atoms with Crippen molar-refractivity contribution in [2.75, 3.05) is 0 Å². The van der Waals surface area contributed by atoms with E-state index in [1.807, 2.05) is 19.1 Å². The van der Waals surface area contributed by atoms with Gasteiger partial charge in [-0.05, 0) is 40.5 Å². The second-order valence-corrected chi connectivity index (χ2v) is 3.35. The Bertz CT molecular complexity index is 265. The second-order valence-electron chi connectivity index (χ2n) is 2.50. The zero-order chi connectivity index (χ0) is 8.43. The zero-order valence-electron chi connectivity index (χ0n) is 6.62. The quantitative estimate of drug-likeness (QED) is 0.807. The second kappa shape index (κ2) is 4.70. The van der Waals surface area contributed by atoms with Gasteiger partial charge in [0.05, 0.1) is 4.47 Å². The molecule has 0 aromatic heterocycles. The third-order valence-electron chi connectivity index (χ3n) is 1.50. The molecule has 0 unspecified atom stereocenters. The molecular formula is C8H11BrClNO. The molecule has 4 heteroatoms. The number of aromatic hydroxyl groups is 1. The molecule has 0 heterocycles. The van der Waals surface area contributed by atoms with E-state index < -0.39 is 0 Å². The molecule has 3 N–H and O–H groups in total. The largest absolute Gasteiger partial charge is 0.507 e. The highest BCUT2D eigenvalue weighted by Crippen LogP contribution is 2.25. The van der Waals surface area contributed by atoms with Crippen LogP contribution in [-0.4, -0.2) is 5.11 Å². The molecule has 12 heavy (non-hydrogen) atoms. The molecule has 0 aliphatic rings. The van der Waals surface area contributed by atoms with Crippen molar-refractivity contribution in [2.24, 2.45) is 5.73 Å². The highest BCUT2D eigenvalue weighted by Gasteiger charge is 2.02. The highest BCUT2D eigenvalue weighted by atomic mass is 79.9. The van der Waals surface area contributed by atoms with E-state index in [2.05, 4.69) is 15.9 Å². The Morgan fingerprint density at radius 1 is 1.50 bits per heavy atom. The molecular weight excluding hydrogens is 241 g/mol. The van der Waals surface area contributed by atoms with E-state index in [4.69, 9.17) is 10.8 Å². The van der Waals surface area contributed by atoms with Gasteiger partial charge in [-0.1, -0.05) is 6.07 Å². The Morgan fingerprint density at radius 3 is 2.50 bits per heavy atom. The lowest BCUT2D eigenvalue weighted by molar-refractivity contribution is 0.471. The van der Waals surface area contributed by atoms with Crippen LogP contribution in [0, 0.1) is 0 Å². The van der Waals surface area contributed by atoms with Gasteiger partial charge in [-0.25, -0.2) is 0 Å².